The van der Waals surface area contributed by atoms with E-state index < -0.39 is 8.07 Å². The zero-order valence-electron chi connectivity index (χ0n) is 21.0. The van der Waals surface area contributed by atoms with Gasteiger partial charge in [0.25, 0.3) is 5.91 Å². The molecule has 0 spiro atoms. The molecule has 0 fully saturated rings. The topological polar surface area (TPSA) is 53.1 Å². The van der Waals surface area contributed by atoms with Crippen LogP contribution in [0.25, 0.3) is 5.69 Å². The third-order valence-electron chi connectivity index (χ3n) is 6.94. The van der Waals surface area contributed by atoms with Crippen molar-refractivity contribution in [1.82, 2.24) is 9.55 Å². The van der Waals surface area contributed by atoms with Crippen LogP contribution < -0.4 is 10.2 Å². The number of aromatic nitrogens is 2. The van der Waals surface area contributed by atoms with Gasteiger partial charge >= 0.3 is 0 Å². The number of benzene rings is 3. The minimum absolute atomic E-state index is 0.129. The second-order valence-corrected chi connectivity index (χ2v) is 16.3. The monoisotopic (exact) mass is 512 g/mol. The van der Waals surface area contributed by atoms with Crippen molar-refractivity contribution in [3.05, 3.63) is 107 Å². The summed E-state index contributed by atoms with van der Waals surface area (Å²) in [6.45, 7) is 8.29. The number of aryl methyl sites for hydroxylation is 1. The number of anilines is 2. The highest BCUT2D eigenvalue weighted by molar-refractivity contribution is 7.71. The van der Waals surface area contributed by atoms with Crippen molar-refractivity contribution < 1.29 is 4.79 Å². The van der Waals surface area contributed by atoms with E-state index in [1.165, 1.54) is 16.8 Å². The van der Waals surface area contributed by atoms with E-state index in [2.05, 4.69) is 77.3 Å². The molecule has 0 saturated carbocycles. The van der Waals surface area contributed by atoms with E-state index >= 15 is 0 Å². The summed E-state index contributed by atoms with van der Waals surface area (Å²) in [4.78, 5) is 18.7. The molecule has 7 heteroatoms. The molecule has 36 heavy (non-hydrogen) atoms. The Labute approximate surface area is 218 Å². The van der Waals surface area contributed by atoms with Gasteiger partial charge in [-0.05, 0) is 72.6 Å². The minimum Gasteiger partial charge on any atom is -0.367 e. The quantitative estimate of drug-likeness (QED) is 0.216. The number of hydrogen-bond acceptors (Lipinski definition) is 3. The number of amides is 1. The van der Waals surface area contributed by atoms with Crippen LogP contribution in [0.5, 0.6) is 0 Å². The highest BCUT2D eigenvalue weighted by Gasteiger charge is 2.36. The third-order valence-corrected chi connectivity index (χ3v) is 9.86. The maximum absolute atomic E-state index is 13.1. The average Bonchev–Trinajstić information content (AvgIpc) is 3.30. The van der Waals surface area contributed by atoms with Crippen molar-refractivity contribution in [2.24, 2.45) is 0 Å². The summed E-state index contributed by atoms with van der Waals surface area (Å²) in [7, 11) is -1.41. The molecular weight excluding hydrogens is 480 g/mol. The van der Waals surface area contributed by atoms with Gasteiger partial charge in [-0.15, -0.1) is 0 Å². The molecule has 1 unspecified atom stereocenters. The molecule has 0 aliphatic carbocycles. The SMILES string of the molecule is C[Si](C)(C)C1CCc2cc(NC(=O)c3cccc(-n4cc[nH]c4=S)c3)ccc2N1Cc1ccccc1. The molecule has 1 aromatic heterocycles. The predicted octanol–water partition coefficient (Wildman–Crippen LogP) is 6.99. The van der Waals surface area contributed by atoms with Gasteiger partial charge in [0.1, 0.15) is 0 Å². The van der Waals surface area contributed by atoms with Crippen molar-refractivity contribution in [3.8, 4) is 5.69 Å². The van der Waals surface area contributed by atoms with Gasteiger partial charge in [-0.1, -0.05) is 56.0 Å². The summed E-state index contributed by atoms with van der Waals surface area (Å²) in [5.41, 5.74) is 6.77. The number of nitrogens with zero attached hydrogens (tertiary/aromatic N) is 2. The summed E-state index contributed by atoms with van der Waals surface area (Å²) in [6.07, 6.45) is 5.82. The van der Waals surface area contributed by atoms with Gasteiger partial charge < -0.3 is 15.2 Å². The van der Waals surface area contributed by atoms with Gasteiger partial charge in [0, 0.05) is 47.2 Å². The summed E-state index contributed by atoms with van der Waals surface area (Å²) in [5.74, 6) is -0.129. The Morgan fingerprint density at radius 1 is 1.06 bits per heavy atom. The molecule has 1 aliphatic rings. The molecule has 2 N–H and O–H groups in total. The highest BCUT2D eigenvalue weighted by Crippen LogP contribution is 2.37. The zero-order chi connectivity index (χ0) is 25.3. The summed E-state index contributed by atoms with van der Waals surface area (Å²) in [6, 6.07) is 24.6. The lowest BCUT2D eigenvalue weighted by molar-refractivity contribution is 0.102. The maximum Gasteiger partial charge on any atom is 0.255 e. The molecule has 1 amide bonds. The van der Waals surface area contributed by atoms with Crippen molar-refractivity contribution in [2.75, 3.05) is 10.2 Å². The molecule has 0 bridgehead atoms. The van der Waals surface area contributed by atoms with E-state index in [1.807, 2.05) is 41.1 Å². The lowest BCUT2D eigenvalue weighted by Crippen LogP contribution is -2.53. The molecule has 0 radical (unpaired) electrons. The average molecular weight is 513 g/mol. The van der Waals surface area contributed by atoms with Crippen LogP contribution in [0.2, 0.25) is 19.6 Å². The number of aromatic amines is 1. The Bertz CT molecular complexity index is 1440. The van der Waals surface area contributed by atoms with Crippen molar-refractivity contribution in [3.63, 3.8) is 0 Å². The van der Waals surface area contributed by atoms with Crippen LogP contribution in [0.4, 0.5) is 11.4 Å². The van der Waals surface area contributed by atoms with Crippen LogP contribution in [0.1, 0.15) is 27.9 Å². The Morgan fingerprint density at radius 2 is 1.86 bits per heavy atom. The molecular formula is C29H32N4OSSi. The van der Waals surface area contributed by atoms with Crippen LogP contribution in [-0.4, -0.2) is 29.2 Å². The number of imidazole rings is 1. The van der Waals surface area contributed by atoms with Crippen LogP contribution in [-0.2, 0) is 13.0 Å². The molecule has 1 atom stereocenters. The van der Waals surface area contributed by atoms with E-state index in [0.29, 0.717) is 16.0 Å². The smallest absolute Gasteiger partial charge is 0.255 e. The standard InChI is InChI=1S/C29H32N4OSSi/c1-36(2,3)27-15-12-22-18-24(13-14-26(22)33(27)20-21-8-5-4-6-9-21)31-28(34)23-10-7-11-25(19-23)32-17-16-30-29(32)35/h4-11,13-14,16-19,27H,12,15,20H2,1-3H3,(H,30,35)(H,31,34). The zero-order valence-corrected chi connectivity index (χ0v) is 22.8. The van der Waals surface area contributed by atoms with Crippen LogP contribution in [0.3, 0.4) is 0 Å². The molecule has 1 aliphatic heterocycles. The van der Waals surface area contributed by atoms with E-state index in [4.69, 9.17) is 12.2 Å². The molecule has 5 rings (SSSR count). The van der Waals surface area contributed by atoms with Gasteiger partial charge in [-0.3, -0.25) is 9.36 Å². The second kappa shape index (κ2) is 9.91. The molecule has 0 saturated heterocycles. The molecule has 4 aromatic rings. The fourth-order valence-corrected chi connectivity index (χ4v) is 7.57. The Hall–Kier alpha value is -3.42. The van der Waals surface area contributed by atoms with Gasteiger partial charge in [0.2, 0.25) is 0 Å². The van der Waals surface area contributed by atoms with Gasteiger partial charge in [0.05, 0.1) is 8.07 Å². The fourth-order valence-electron chi connectivity index (χ4n) is 5.16. The number of nitrogens with one attached hydrogen (secondary N) is 2. The number of carbonyl (C=O) groups excluding carboxylic acids is 1. The number of rotatable bonds is 6. The first-order chi connectivity index (χ1) is 17.3. The van der Waals surface area contributed by atoms with Crippen molar-refractivity contribution in [2.45, 2.75) is 44.7 Å². The van der Waals surface area contributed by atoms with Crippen LogP contribution in [0, 0.1) is 4.77 Å². The van der Waals surface area contributed by atoms with E-state index in [1.54, 1.807) is 6.20 Å². The van der Waals surface area contributed by atoms with Crippen molar-refractivity contribution >= 4 is 37.6 Å². The van der Waals surface area contributed by atoms with Gasteiger partial charge in [-0.2, -0.15) is 0 Å². The first-order valence-electron chi connectivity index (χ1n) is 12.4. The Kier molecular flexibility index (Phi) is 6.68. The highest BCUT2D eigenvalue weighted by atomic mass is 32.1. The summed E-state index contributed by atoms with van der Waals surface area (Å²) >= 11 is 5.33. The lowest BCUT2D eigenvalue weighted by Gasteiger charge is -2.45. The van der Waals surface area contributed by atoms with Gasteiger partial charge in [-0.25, -0.2) is 0 Å². The molecule has 3 aromatic carbocycles. The fraction of sp³-hybridized carbons (Fsp3) is 0.241. The van der Waals surface area contributed by atoms with Crippen molar-refractivity contribution in [1.29, 1.82) is 0 Å². The maximum atomic E-state index is 13.1. The molecule has 184 valence electrons. The Morgan fingerprint density at radius 3 is 2.58 bits per heavy atom. The first-order valence-corrected chi connectivity index (χ1v) is 16.4. The number of H-pyrrole nitrogens is 1. The molecule has 5 nitrogen and oxygen atoms in total. The van der Waals surface area contributed by atoms with Crippen LogP contribution in [0.15, 0.2) is 85.2 Å². The number of fused-ring (bicyclic) bond motifs is 1. The first kappa shape index (κ1) is 24.3. The minimum atomic E-state index is -1.41. The second-order valence-electron chi connectivity index (χ2n) is 10.5. The van der Waals surface area contributed by atoms with Gasteiger partial charge in [0.15, 0.2) is 4.77 Å². The normalized spacial score (nSPS) is 15.4. The van der Waals surface area contributed by atoms with E-state index in [9.17, 15) is 4.79 Å². The van der Waals surface area contributed by atoms with Crippen LogP contribution >= 0.6 is 12.2 Å². The number of hydrogen-bond donors (Lipinski definition) is 2. The lowest BCUT2D eigenvalue weighted by atomic mass is 9.99. The summed E-state index contributed by atoms with van der Waals surface area (Å²) < 4.78 is 2.44. The predicted molar refractivity (Wildman–Crippen MR) is 153 cm³/mol. The number of carbonyl (C=O) groups is 1. The molecule has 2 heterocycles. The van der Waals surface area contributed by atoms with E-state index in [0.717, 1.165) is 30.8 Å². The third kappa shape index (κ3) is 5.08. The largest absolute Gasteiger partial charge is 0.367 e. The van der Waals surface area contributed by atoms with E-state index in [-0.39, 0.29) is 5.91 Å². The summed E-state index contributed by atoms with van der Waals surface area (Å²) in [5, 5.41) is 3.11. The Balaban J connectivity index is 1.40.